The first-order valence-electron chi connectivity index (χ1n) is 5.83. The van der Waals surface area contributed by atoms with Crippen molar-refractivity contribution in [1.82, 2.24) is 5.32 Å². The molecular formula is C13H21NO3. The van der Waals surface area contributed by atoms with Crippen LogP contribution in [0.15, 0.2) is 22.3 Å². The molecule has 0 bridgehead atoms. The van der Waals surface area contributed by atoms with E-state index in [1.807, 2.05) is 20.8 Å². The molecule has 1 aliphatic rings. The summed E-state index contributed by atoms with van der Waals surface area (Å²) < 4.78 is 0. The van der Waals surface area contributed by atoms with Crippen molar-refractivity contribution in [3.05, 3.63) is 22.3 Å². The molecule has 96 valence electrons. The number of hydrogen-bond acceptors (Lipinski definition) is 3. The first-order chi connectivity index (χ1) is 7.86. The molecule has 1 amide bonds. The van der Waals surface area contributed by atoms with E-state index in [1.54, 1.807) is 0 Å². The van der Waals surface area contributed by atoms with Gasteiger partial charge in [-0.15, -0.1) is 0 Å². The molecule has 2 unspecified atom stereocenters. The molecule has 0 radical (unpaired) electrons. The molecule has 0 fully saturated rings. The third-order valence-electron chi connectivity index (χ3n) is 3.46. The molecule has 0 saturated heterocycles. The van der Waals surface area contributed by atoms with E-state index in [1.165, 1.54) is 6.92 Å². The fraction of sp³-hybridized carbons (Fsp3) is 0.615. The molecule has 4 nitrogen and oxygen atoms in total. The molecule has 0 aromatic carbocycles. The van der Waals surface area contributed by atoms with Gasteiger partial charge in [-0.05, 0) is 49.5 Å². The molecule has 2 atom stereocenters. The summed E-state index contributed by atoms with van der Waals surface area (Å²) in [5, 5.41) is 22.8. The van der Waals surface area contributed by atoms with Gasteiger partial charge >= 0.3 is 0 Å². The Morgan fingerprint density at radius 3 is 2.18 bits per heavy atom. The lowest BCUT2D eigenvalue weighted by Gasteiger charge is -2.30. The van der Waals surface area contributed by atoms with Gasteiger partial charge in [0.15, 0.2) is 0 Å². The van der Waals surface area contributed by atoms with Crippen LogP contribution in [0.3, 0.4) is 0 Å². The van der Waals surface area contributed by atoms with Gasteiger partial charge in [-0.1, -0.05) is 0 Å². The van der Waals surface area contributed by atoms with Gasteiger partial charge in [-0.25, -0.2) is 0 Å². The average Bonchev–Trinajstić information content (AvgIpc) is 2.28. The van der Waals surface area contributed by atoms with Gasteiger partial charge < -0.3 is 15.5 Å². The first kappa shape index (κ1) is 13.9. The normalized spacial score (nSPS) is 25.3. The fourth-order valence-corrected chi connectivity index (χ4v) is 2.12. The lowest BCUT2D eigenvalue weighted by Crippen LogP contribution is -2.30. The molecular weight excluding hydrogens is 218 g/mol. The number of carbonyl (C=O) groups excluding carboxylic acids is 1. The Labute approximate surface area is 102 Å². The van der Waals surface area contributed by atoms with Crippen molar-refractivity contribution in [2.75, 3.05) is 6.54 Å². The van der Waals surface area contributed by atoms with Crippen LogP contribution < -0.4 is 5.32 Å². The van der Waals surface area contributed by atoms with Crippen molar-refractivity contribution in [3.8, 4) is 0 Å². The number of aliphatic hydroxyl groups is 2. The summed E-state index contributed by atoms with van der Waals surface area (Å²) in [5.41, 5.74) is 3.24. The topological polar surface area (TPSA) is 69.6 Å². The number of aliphatic hydroxyl groups excluding tert-OH is 2. The smallest absolute Gasteiger partial charge is 0.216 e. The minimum absolute atomic E-state index is 0.0856. The van der Waals surface area contributed by atoms with Crippen LogP contribution in [0.4, 0.5) is 0 Å². The Morgan fingerprint density at radius 1 is 1.12 bits per heavy atom. The highest BCUT2D eigenvalue weighted by atomic mass is 16.3. The number of nitrogens with one attached hydrogen (secondary N) is 1. The van der Waals surface area contributed by atoms with Gasteiger partial charge in [0, 0.05) is 13.5 Å². The van der Waals surface area contributed by atoms with Crippen LogP contribution in [0.2, 0.25) is 0 Å². The second-order valence-corrected chi connectivity index (χ2v) is 4.61. The monoisotopic (exact) mass is 239 g/mol. The van der Waals surface area contributed by atoms with Gasteiger partial charge in [-0.3, -0.25) is 4.79 Å². The van der Waals surface area contributed by atoms with Gasteiger partial charge in [0.2, 0.25) is 5.91 Å². The van der Waals surface area contributed by atoms with Gasteiger partial charge in [0.05, 0.1) is 12.2 Å². The zero-order valence-electron chi connectivity index (χ0n) is 10.9. The highest BCUT2D eigenvalue weighted by Crippen LogP contribution is 2.31. The van der Waals surface area contributed by atoms with Gasteiger partial charge in [0.1, 0.15) is 0 Å². The number of carbonyl (C=O) groups is 1. The van der Waals surface area contributed by atoms with Gasteiger partial charge in [-0.2, -0.15) is 0 Å². The lowest BCUT2D eigenvalue weighted by molar-refractivity contribution is -0.118. The van der Waals surface area contributed by atoms with E-state index in [-0.39, 0.29) is 5.91 Å². The molecule has 17 heavy (non-hydrogen) atoms. The predicted molar refractivity (Wildman–Crippen MR) is 66.4 cm³/mol. The van der Waals surface area contributed by atoms with Crippen molar-refractivity contribution in [1.29, 1.82) is 0 Å². The van der Waals surface area contributed by atoms with Crippen molar-refractivity contribution in [3.63, 3.8) is 0 Å². The standard InChI is InChI=1S/C13H21NO3/c1-7-8(2)13(17)11(9(3)12(7)16)5-6-14-10(4)15/h12-13,16-17H,5-6H2,1-4H3,(H,14,15). The highest BCUT2D eigenvalue weighted by Gasteiger charge is 2.27. The Kier molecular flexibility index (Phi) is 4.48. The molecule has 0 spiro atoms. The maximum absolute atomic E-state index is 10.8. The molecule has 1 aliphatic carbocycles. The van der Waals surface area contributed by atoms with Crippen LogP contribution in [0.1, 0.15) is 34.1 Å². The molecule has 1 rings (SSSR count). The Balaban J connectivity index is 2.80. The summed E-state index contributed by atoms with van der Waals surface area (Å²) in [6.07, 6.45) is -0.674. The average molecular weight is 239 g/mol. The second kappa shape index (κ2) is 5.47. The summed E-state index contributed by atoms with van der Waals surface area (Å²) in [6, 6.07) is 0. The minimum Gasteiger partial charge on any atom is -0.384 e. The first-order valence-corrected chi connectivity index (χ1v) is 5.83. The van der Waals surface area contributed by atoms with E-state index in [0.717, 1.165) is 22.3 Å². The third-order valence-corrected chi connectivity index (χ3v) is 3.46. The van der Waals surface area contributed by atoms with E-state index in [2.05, 4.69) is 5.32 Å². The third kappa shape index (κ3) is 2.96. The van der Waals surface area contributed by atoms with E-state index in [9.17, 15) is 15.0 Å². The summed E-state index contributed by atoms with van der Waals surface area (Å²) >= 11 is 0. The van der Waals surface area contributed by atoms with Crippen LogP contribution >= 0.6 is 0 Å². The van der Waals surface area contributed by atoms with Crippen molar-refractivity contribution < 1.29 is 15.0 Å². The van der Waals surface area contributed by atoms with Crippen molar-refractivity contribution >= 4 is 5.91 Å². The predicted octanol–water partition coefficient (Wildman–Crippen LogP) is 0.901. The molecule has 4 heteroatoms. The Hall–Kier alpha value is -1.13. The van der Waals surface area contributed by atoms with Crippen molar-refractivity contribution in [2.24, 2.45) is 0 Å². The molecule has 0 aliphatic heterocycles. The summed E-state index contributed by atoms with van der Waals surface area (Å²) in [5.74, 6) is -0.0856. The number of hydrogen-bond donors (Lipinski definition) is 3. The zero-order chi connectivity index (χ0) is 13.2. The SMILES string of the molecule is CC(=O)NCCC1=C(C)C(O)C(C)=C(C)C1O. The zero-order valence-corrected chi connectivity index (χ0v) is 10.9. The van der Waals surface area contributed by atoms with Crippen LogP contribution in [0.5, 0.6) is 0 Å². The second-order valence-electron chi connectivity index (χ2n) is 4.61. The minimum atomic E-state index is -0.632. The molecule has 0 aromatic rings. The van der Waals surface area contributed by atoms with E-state index < -0.39 is 12.2 Å². The largest absolute Gasteiger partial charge is 0.384 e. The van der Waals surface area contributed by atoms with Crippen molar-refractivity contribution in [2.45, 2.75) is 46.3 Å². The summed E-state index contributed by atoms with van der Waals surface area (Å²) in [7, 11) is 0. The summed E-state index contributed by atoms with van der Waals surface area (Å²) in [4.78, 5) is 10.8. The van der Waals surface area contributed by atoms with Crippen LogP contribution in [0.25, 0.3) is 0 Å². The molecule has 3 N–H and O–H groups in total. The number of amides is 1. The maximum atomic E-state index is 10.8. The fourth-order valence-electron chi connectivity index (χ4n) is 2.12. The molecule has 0 heterocycles. The molecule has 0 saturated carbocycles. The molecule has 0 aromatic heterocycles. The van der Waals surface area contributed by atoms with E-state index in [4.69, 9.17) is 0 Å². The number of rotatable bonds is 3. The highest BCUT2D eigenvalue weighted by molar-refractivity contribution is 5.72. The summed E-state index contributed by atoms with van der Waals surface area (Å²) in [6.45, 7) is 7.43. The lowest BCUT2D eigenvalue weighted by atomic mass is 9.82. The van der Waals surface area contributed by atoms with E-state index in [0.29, 0.717) is 13.0 Å². The maximum Gasteiger partial charge on any atom is 0.216 e. The van der Waals surface area contributed by atoms with Gasteiger partial charge in [0.25, 0.3) is 0 Å². The quantitative estimate of drug-likeness (QED) is 0.641. The Bertz CT molecular complexity index is 382. The van der Waals surface area contributed by atoms with Crippen LogP contribution in [0, 0.1) is 0 Å². The Morgan fingerprint density at radius 2 is 1.65 bits per heavy atom. The van der Waals surface area contributed by atoms with Crippen LogP contribution in [-0.2, 0) is 4.79 Å². The van der Waals surface area contributed by atoms with E-state index >= 15 is 0 Å². The van der Waals surface area contributed by atoms with Crippen LogP contribution in [-0.4, -0.2) is 34.9 Å².